The van der Waals surface area contributed by atoms with Crippen molar-refractivity contribution in [3.8, 4) is 0 Å². The van der Waals surface area contributed by atoms with Crippen LogP contribution in [-0.2, 0) is 16.1 Å². The van der Waals surface area contributed by atoms with E-state index in [0.29, 0.717) is 6.54 Å². The van der Waals surface area contributed by atoms with E-state index in [0.717, 1.165) is 24.7 Å². The number of hydrogen-bond acceptors (Lipinski definition) is 6. The molecular formula is C19H27N3O6. The first-order chi connectivity index (χ1) is 13.4. The molecule has 1 aromatic rings. The minimum Gasteiger partial charge on any atom is -0.473 e. The van der Waals surface area contributed by atoms with Crippen molar-refractivity contribution in [1.82, 2.24) is 9.80 Å². The van der Waals surface area contributed by atoms with Crippen LogP contribution in [0.5, 0.6) is 0 Å². The highest BCUT2D eigenvalue weighted by Crippen LogP contribution is 2.24. The van der Waals surface area contributed by atoms with Crippen LogP contribution in [-0.4, -0.2) is 69.1 Å². The zero-order valence-corrected chi connectivity index (χ0v) is 15.8. The number of nitro groups is 1. The Bertz CT molecular complexity index is 670. The number of carboxylic acids is 2. The van der Waals surface area contributed by atoms with E-state index in [9.17, 15) is 10.1 Å². The number of nitrogens with zero attached hydrogens (tertiary/aromatic N) is 3. The Morgan fingerprint density at radius 3 is 2.11 bits per heavy atom. The van der Waals surface area contributed by atoms with Crippen LogP contribution in [0.15, 0.2) is 24.3 Å². The van der Waals surface area contributed by atoms with E-state index in [-0.39, 0.29) is 10.6 Å². The van der Waals surface area contributed by atoms with Crippen molar-refractivity contribution in [2.75, 3.05) is 26.2 Å². The van der Waals surface area contributed by atoms with E-state index in [2.05, 4.69) is 9.80 Å². The summed E-state index contributed by atoms with van der Waals surface area (Å²) in [5, 5.41) is 25.9. The third-order valence-electron chi connectivity index (χ3n) is 5.23. The Balaban J connectivity index is 0.000000409. The van der Waals surface area contributed by atoms with Crippen molar-refractivity contribution >= 4 is 17.6 Å². The van der Waals surface area contributed by atoms with Crippen molar-refractivity contribution in [3.05, 3.63) is 39.9 Å². The Morgan fingerprint density at radius 1 is 1.00 bits per heavy atom. The molecule has 9 nitrogen and oxygen atoms in total. The SMILES string of the molecule is O=C(O)C(=O)O.O=[N+]([O-])c1ccccc1CN1CCC(N2CCCCC2)CC1. The highest BCUT2D eigenvalue weighted by atomic mass is 16.6. The molecule has 2 aliphatic heterocycles. The summed E-state index contributed by atoms with van der Waals surface area (Å²) in [6, 6.07) is 7.85. The summed E-state index contributed by atoms with van der Waals surface area (Å²) in [6.07, 6.45) is 6.46. The quantitative estimate of drug-likeness (QED) is 0.453. The Kier molecular flexibility index (Phi) is 8.34. The molecule has 28 heavy (non-hydrogen) atoms. The lowest BCUT2D eigenvalue weighted by molar-refractivity contribution is -0.385. The minimum absolute atomic E-state index is 0.251. The number of nitro benzene ring substituents is 1. The highest BCUT2D eigenvalue weighted by Gasteiger charge is 2.26. The van der Waals surface area contributed by atoms with Crippen molar-refractivity contribution < 1.29 is 24.7 Å². The summed E-state index contributed by atoms with van der Waals surface area (Å²) in [7, 11) is 0. The van der Waals surface area contributed by atoms with Crippen LogP contribution < -0.4 is 0 Å². The van der Waals surface area contributed by atoms with Gasteiger partial charge in [-0.25, -0.2) is 9.59 Å². The van der Waals surface area contributed by atoms with Gasteiger partial charge in [0.25, 0.3) is 5.69 Å². The standard InChI is InChI=1S/C17H25N3O2.C2H2O4/c21-20(22)17-7-3-2-6-15(17)14-18-12-8-16(9-13-18)19-10-4-1-5-11-19;3-1(4)2(5)6/h2-3,6-7,16H,1,4-5,8-14H2;(H,3,4)(H,5,6). The lowest BCUT2D eigenvalue weighted by Gasteiger charge is -2.40. The van der Waals surface area contributed by atoms with Gasteiger partial charge in [-0.3, -0.25) is 15.0 Å². The van der Waals surface area contributed by atoms with Gasteiger partial charge in [-0.05, 0) is 51.9 Å². The normalized spacial score (nSPS) is 18.7. The second kappa shape index (κ2) is 10.7. The highest BCUT2D eigenvalue weighted by molar-refractivity contribution is 6.27. The fourth-order valence-electron chi connectivity index (χ4n) is 3.79. The number of aliphatic carboxylic acids is 2. The zero-order valence-electron chi connectivity index (χ0n) is 15.8. The molecule has 2 saturated heterocycles. The number of carbonyl (C=O) groups is 2. The fourth-order valence-corrected chi connectivity index (χ4v) is 3.79. The van der Waals surface area contributed by atoms with Crippen LogP contribution in [0.1, 0.15) is 37.7 Å². The van der Waals surface area contributed by atoms with Gasteiger partial charge in [0.05, 0.1) is 4.92 Å². The van der Waals surface area contributed by atoms with Crippen LogP contribution in [0, 0.1) is 10.1 Å². The second-order valence-electron chi connectivity index (χ2n) is 7.10. The molecule has 0 spiro atoms. The summed E-state index contributed by atoms with van der Waals surface area (Å²) >= 11 is 0. The van der Waals surface area contributed by atoms with Crippen molar-refractivity contribution in [1.29, 1.82) is 0 Å². The van der Waals surface area contributed by atoms with Crippen LogP contribution in [0.3, 0.4) is 0 Å². The second-order valence-corrected chi connectivity index (χ2v) is 7.10. The van der Waals surface area contributed by atoms with Gasteiger partial charge in [0.2, 0.25) is 0 Å². The minimum atomic E-state index is -1.82. The van der Waals surface area contributed by atoms with E-state index < -0.39 is 11.9 Å². The van der Waals surface area contributed by atoms with Crippen molar-refractivity contribution in [2.24, 2.45) is 0 Å². The molecule has 2 N–H and O–H groups in total. The summed E-state index contributed by atoms with van der Waals surface area (Å²) in [6.45, 7) is 5.31. The van der Waals surface area contributed by atoms with E-state index in [4.69, 9.17) is 19.8 Å². The van der Waals surface area contributed by atoms with Crippen LogP contribution in [0.4, 0.5) is 5.69 Å². The topological polar surface area (TPSA) is 124 Å². The molecule has 2 fully saturated rings. The molecule has 0 atom stereocenters. The molecule has 0 radical (unpaired) electrons. The average Bonchev–Trinajstić information content (AvgIpc) is 2.70. The van der Waals surface area contributed by atoms with Gasteiger partial charge in [0, 0.05) is 24.2 Å². The molecular weight excluding hydrogens is 366 g/mol. The molecule has 0 unspecified atom stereocenters. The third-order valence-corrected chi connectivity index (χ3v) is 5.23. The summed E-state index contributed by atoms with van der Waals surface area (Å²) in [5.41, 5.74) is 1.09. The van der Waals surface area contributed by atoms with Crippen molar-refractivity contribution in [2.45, 2.75) is 44.7 Å². The maximum Gasteiger partial charge on any atom is 0.414 e. The van der Waals surface area contributed by atoms with Crippen LogP contribution >= 0.6 is 0 Å². The summed E-state index contributed by atoms with van der Waals surface area (Å²) in [5.74, 6) is -3.65. The first kappa shape index (κ1) is 21.8. The van der Waals surface area contributed by atoms with E-state index in [1.165, 1.54) is 45.2 Å². The van der Waals surface area contributed by atoms with Gasteiger partial charge in [-0.15, -0.1) is 0 Å². The molecule has 0 aromatic heterocycles. The van der Waals surface area contributed by atoms with Crippen LogP contribution in [0.25, 0.3) is 0 Å². The van der Waals surface area contributed by atoms with E-state index in [1.54, 1.807) is 12.1 Å². The fraction of sp³-hybridized carbons (Fsp3) is 0.579. The number of rotatable bonds is 4. The first-order valence-corrected chi connectivity index (χ1v) is 9.53. The zero-order chi connectivity index (χ0) is 20.5. The van der Waals surface area contributed by atoms with Gasteiger partial charge < -0.3 is 15.1 Å². The Morgan fingerprint density at radius 2 is 1.57 bits per heavy atom. The maximum absolute atomic E-state index is 11.1. The summed E-state index contributed by atoms with van der Waals surface area (Å²) < 4.78 is 0. The predicted octanol–water partition coefficient (Wildman–Crippen LogP) is 2.20. The van der Waals surface area contributed by atoms with Gasteiger partial charge in [-0.1, -0.05) is 24.6 Å². The Hall–Kier alpha value is -2.52. The number of piperidine rings is 2. The largest absolute Gasteiger partial charge is 0.473 e. The van der Waals surface area contributed by atoms with Gasteiger partial charge in [0.1, 0.15) is 0 Å². The maximum atomic E-state index is 11.1. The van der Waals surface area contributed by atoms with Gasteiger partial charge in [0.15, 0.2) is 0 Å². The predicted molar refractivity (Wildman–Crippen MR) is 102 cm³/mol. The molecule has 0 saturated carbocycles. The smallest absolute Gasteiger partial charge is 0.414 e. The van der Waals surface area contributed by atoms with Gasteiger partial charge >= 0.3 is 11.9 Å². The lowest BCUT2D eigenvalue weighted by Crippen LogP contribution is -2.46. The number of likely N-dealkylation sites (tertiary alicyclic amines) is 2. The molecule has 9 heteroatoms. The molecule has 0 amide bonds. The monoisotopic (exact) mass is 393 g/mol. The summed E-state index contributed by atoms with van der Waals surface area (Å²) in [4.78, 5) is 34.1. The molecule has 3 rings (SSSR count). The molecule has 0 aliphatic carbocycles. The molecule has 1 aromatic carbocycles. The number of carboxylic acid groups (broad SMARTS) is 2. The number of para-hydroxylation sites is 1. The van der Waals surface area contributed by atoms with E-state index in [1.807, 2.05) is 12.1 Å². The Labute approximate surface area is 163 Å². The molecule has 2 aliphatic rings. The van der Waals surface area contributed by atoms with Gasteiger partial charge in [-0.2, -0.15) is 0 Å². The average molecular weight is 393 g/mol. The van der Waals surface area contributed by atoms with Crippen LogP contribution in [0.2, 0.25) is 0 Å². The number of benzene rings is 1. The van der Waals surface area contributed by atoms with E-state index >= 15 is 0 Å². The molecule has 154 valence electrons. The first-order valence-electron chi connectivity index (χ1n) is 9.53. The number of hydrogen-bond donors (Lipinski definition) is 2. The lowest BCUT2D eigenvalue weighted by atomic mass is 9.99. The van der Waals surface area contributed by atoms with Crippen molar-refractivity contribution in [3.63, 3.8) is 0 Å². The molecule has 0 bridgehead atoms. The molecule has 2 heterocycles. The third kappa shape index (κ3) is 6.58.